The summed E-state index contributed by atoms with van der Waals surface area (Å²) in [5.74, 6) is 0.985. The lowest BCUT2D eigenvalue weighted by molar-refractivity contribution is 0.315. The highest BCUT2D eigenvalue weighted by molar-refractivity contribution is 5.47. The summed E-state index contributed by atoms with van der Waals surface area (Å²) >= 11 is 0. The molecule has 0 atom stereocenters. The van der Waals surface area contributed by atoms with Crippen LogP contribution in [0.15, 0.2) is 42.5 Å². The summed E-state index contributed by atoms with van der Waals surface area (Å²) in [6.45, 7) is 5.53. The minimum Gasteiger partial charge on any atom is -0.507 e. The largest absolute Gasteiger partial charge is 0.507 e. The molecule has 2 aromatic carbocycles. The molecule has 0 aliphatic carbocycles. The van der Waals surface area contributed by atoms with Gasteiger partial charge >= 0.3 is 0 Å². The van der Waals surface area contributed by atoms with E-state index in [1.807, 2.05) is 12.1 Å². The maximum atomic E-state index is 10.1. The van der Waals surface area contributed by atoms with Crippen LogP contribution in [0.5, 0.6) is 11.5 Å². The molecule has 0 aliphatic rings. The number of phenols is 1. The second-order valence-electron chi connectivity index (χ2n) is 5.79. The van der Waals surface area contributed by atoms with Crippen molar-refractivity contribution >= 4 is 5.69 Å². The highest BCUT2D eigenvalue weighted by Gasteiger charge is 2.04. The molecule has 2 aromatic rings. The van der Waals surface area contributed by atoms with E-state index >= 15 is 0 Å². The van der Waals surface area contributed by atoms with Crippen LogP contribution in [-0.2, 0) is 13.0 Å². The molecule has 0 aromatic heterocycles. The maximum absolute atomic E-state index is 10.1. The number of aryl methyl sites for hydroxylation is 1. The van der Waals surface area contributed by atoms with Crippen molar-refractivity contribution in [2.75, 3.05) is 11.9 Å². The molecule has 0 bridgehead atoms. The summed E-state index contributed by atoms with van der Waals surface area (Å²) in [5, 5.41) is 13.4. The molecule has 0 radical (unpaired) electrons. The van der Waals surface area contributed by atoms with Gasteiger partial charge < -0.3 is 15.2 Å². The molecule has 0 heterocycles. The van der Waals surface area contributed by atoms with Gasteiger partial charge in [-0.25, -0.2) is 0 Å². The molecule has 3 heteroatoms. The molecule has 2 N–H and O–H groups in total. The van der Waals surface area contributed by atoms with Crippen molar-refractivity contribution < 1.29 is 9.84 Å². The summed E-state index contributed by atoms with van der Waals surface area (Å²) in [4.78, 5) is 0. The molecular weight excluding hydrogens is 286 g/mol. The molecule has 3 nitrogen and oxygen atoms in total. The van der Waals surface area contributed by atoms with Crippen molar-refractivity contribution in [2.45, 2.75) is 46.1 Å². The van der Waals surface area contributed by atoms with Crippen LogP contribution in [0.3, 0.4) is 0 Å². The van der Waals surface area contributed by atoms with Crippen LogP contribution in [0.4, 0.5) is 5.69 Å². The fourth-order valence-corrected chi connectivity index (χ4v) is 2.37. The van der Waals surface area contributed by atoms with E-state index in [-0.39, 0.29) is 5.75 Å². The van der Waals surface area contributed by atoms with Gasteiger partial charge in [-0.2, -0.15) is 0 Å². The van der Waals surface area contributed by atoms with Crippen molar-refractivity contribution in [1.29, 1.82) is 0 Å². The Balaban J connectivity index is 1.90. The first-order valence-corrected chi connectivity index (χ1v) is 8.50. The van der Waals surface area contributed by atoms with Gasteiger partial charge in [0, 0.05) is 23.9 Å². The third-order valence-electron chi connectivity index (χ3n) is 3.79. The molecule has 0 aliphatic heterocycles. The van der Waals surface area contributed by atoms with Crippen LogP contribution in [0.2, 0.25) is 0 Å². The molecular formula is C20H27NO2. The summed E-state index contributed by atoms with van der Waals surface area (Å²) in [6, 6.07) is 14.0. The smallest absolute Gasteiger partial charge is 0.124 e. The van der Waals surface area contributed by atoms with Gasteiger partial charge in [0.15, 0.2) is 0 Å². The number of unbranched alkanes of at least 4 members (excludes halogenated alkanes) is 1. The average Bonchev–Trinajstić information content (AvgIpc) is 2.58. The number of rotatable bonds is 9. The van der Waals surface area contributed by atoms with E-state index in [1.54, 1.807) is 6.07 Å². The van der Waals surface area contributed by atoms with Crippen LogP contribution in [0, 0.1) is 0 Å². The third-order valence-corrected chi connectivity index (χ3v) is 3.79. The van der Waals surface area contributed by atoms with Gasteiger partial charge in [0.25, 0.3) is 0 Å². The standard InChI is InChI=1S/C20H27NO2/c1-3-5-6-16-7-10-18(11-8-16)21-15-17-9-12-19(14-20(17)22)23-13-4-2/h7-12,14,21-22H,3-6,13,15H2,1-2H3. The second kappa shape index (κ2) is 9.09. The summed E-state index contributed by atoms with van der Waals surface area (Å²) in [5.41, 5.74) is 3.30. The first-order chi connectivity index (χ1) is 11.2. The molecule has 2 rings (SSSR count). The number of hydrogen-bond acceptors (Lipinski definition) is 3. The Morgan fingerprint density at radius 2 is 1.78 bits per heavy atom. The predicted octanol–water partition coefficient (Wildman–Crippen LogP) is 5.14. The van der Waals surface area contributed by atoms with Crippen molar-refractivity contribution in [3.63, 3.8) is 0 Å². The molecule has 0 unspecified atom stereocenters. The van der Waals surface area contributed by atoms with Gasteiger partial charge in [-0.05, 0) is 49.1 Å². The van der Waals surface area contributed by atoms with E-state index in [4.69, 9.17) is 4.74 Å². The highest BCUT2D eigenvalue weighted by Crippen LogP contribution is 2.24. The van der Waals surface area contributed by atoms with E-state index in [0.29, 0.717) is 18.9 Å². The Morgan fingerprint density at radius 3 is 2.43 bits per heavy atom. The van der Waals surface area contributed by atoms with Crippen molar-refractivity contribution in [3.8, 4) is 11.5 Å². The average molecular weight is 313 g/mol. The first kappa shape index (κ1) is 17.2. The number of ether oxygens (including phenoxy) is 1. The van der Waals surface area contributed by atoms with E-state index in [0.717, 1.165) is 24.1 Å². The normalized spacial score (nSPS) is 10.5. The molecule has 0 spiro atoms. The van der Waals surface area contributed by atoms with Crippen molar-refractivity contribution in [2.24, 2.45) is 0 Å². The lowest BCUT2D eigenvalue weighted by Gasteiger charge is -2.11. The van der Waals surface area contributed by atoms with Gasteiger partial charge in [-0.15, -0.1) is 0 Å². The van der Waals surface area contributed by atoms with Crippen LogP contribution >= 0.6 is 0 Å². The number of phenolic OH excluding ortho intramolecular Hbond substituents is 1. The molecule has 0 saturated heterocycles. The first-order valence-electron chi connectivity index (χ1n) is 8.50. The Labute approximate surface area is 139 Å². The molecule has 23 heavy (non-hydrogen) atoms. The summed E-state index contributed by atoms with van der Waals surface area (Å²) in [6.07, 6.45) is 4.54. The SMILES string of the molecule is CCCCc1ccc(NCc2ccc(OCCC)cc2O)cc1. The number of aromatic hydroxyl groups is 1. The van der Waals surface area contributed by atoms with Gasteiger partial charge in [0.05, 0.1) is 6.61 Å². The lowest BCUT2D eigenvalue weighted by atomic mass is 10.1. The Kier molecular flexibility index (Phi) is 6.79. The quantitative estimate of drug-likeness (QED) is 0.674. The zero-order valence-corrected chi connectivity index (χ0v) is 14.1. The van der Waals surface area contributed by atoms with Crippen LogP contribution in [0.25, 0.3) is 0 Å². The number of benzene rings is 2. The molecule has 0 fully saturated rings. The zero-order valence-electron chi connectivity index (χ0n) is 14.1. The van der Waals surface area contributed by atoms with E-state index in [1.165, 1.54) is 18.4 Å². The van der Waals surface area contributed by atoms with E-state index in [9.17, 15) is 5.11 Å². The lowest BCUT2D eigenvalue weighted by Crippen LogP contribution is -2.01. The third kappa shape index (κ3) is 5.51. The Hall–Kier alpha value is -2.16. The molecule has 124 valence electrons. The molecule has 0 amide bonds. The van der Waals surface area contributed by atoms with Crippen molar-refractivity contribution in [3.05, 3.63) is 53.6 Å². The van der Waals surface area contributed by atoms with Crippen LogP contribution in [-0.4, -0.2) is 11.7 Å². The van der Waals surface area contributed by atoms with E-state index in [2.05, 4.69) is 43.4 Å². The van der Waals surface area contributed by atoms with Gasteiger partial charge in [0.1, 0.15) is 11.5 Å². The van der Waals surface area contributed by atoms with Crippen LogP contribution < -0.4 is 10.1 Å². The van der Waals surface area contributed by atoms with Crippen molar-refractivity contribution in [1.82, 2.24) is 0 Å². The number of nitrogens with one attached hydrogen (secondary N) is 1. The fraction of sp³-hybridized carbons (Fsp3) is 0.400. The summed E-state index contributed by atoms with van der Waals surface area (Å²) < 4.78 is 5.52. The monoisotopic (exact) mass is 313 g/mol. The van der Waals surface area contributed by atoms with Crippen LogP contribution in [0.1, 0.15) is 44.2 Å². The topological polar surface area (TPSA) is 41.5 Å². The van der Waals surface area contributed by atoms with Gasteiger partial charge in [-0.3, -0.25) is 0 Å². The van der Waals surface area contributed by atoms with E-state index < -0.39 is 0 Å². The Morgan fingerprint density at radius 1 is 1.00 bits per heavy atom. The minimum atomic E-state index is 0.269. The predicted molar refractivity (Wildman–Crippen MR) is 96.3 cm³/mol. The van der Waals surface area contributed by atoms with Gasteiger partial charge in [0.2, 0.25) is 0 Å². The minimum absolute atomic E-state index is 0.269. The summed E-state index contributed by atoms with van der Waals surface area (Å²) in [7, 11) is 0. The van der Waals surface area contributed by atoms with Gasteiger partial charge in [-0.1, -0.05) is 32.4 Å². The zero-order chi connectivity index (χ0) is 16.5. The Bertz CT molecular complexity index is 593. The highest BCUT2D eigenvalue weighted by atomic mass is 16.5. The second-order valence-corrected chi connectivity index (χ2v) is 5.79. The number of hydrogen-bond donors (Lipinski definition) is 2. The fourth-order valence-electron chi connectivity index (χ4n) is 2.37. The molecule has 0 saturated carbocycles. The maximum Gasteiger partial charge on any atom is 0.124 e. The number of anilines is 1.